The molecule has 1 aromatic rings. The molecule has 0 aliphatic rings. The van der Waals surface area contributed by atoms with Gasteiger partial charge in [0.05, 0.1) is 12.3 Å². The lowest BCUT2D eigenvalue weighted by Gasteiger charge is -1.96. The number of nitrogens with two attached hydrogens (primary N) is 1. The minimum atomic E-state index is 0. The van der Waals surface area contributed by atoms with Crippen LogP contribution in [0.1, 0.15) is 31.2 Å². The molecule has 1 heterocycles. The van der Waals surface area contributed by atoms with Gasteiger partial charge in [-0.2, -0.15) is 0 Å². The zero-order valence-electron chi connectivity index (χ0n) is 8.53. The molecule has 14 heavy (non-hydrogen) atoms. The van der Waals surface area contributed by atoms with Gasteiger partial charge in [0.25, 0.3) is 0 Å². The Kier molecular flexibility index (Phi) is 6.53. The van der Waals surface area contributed by atoms with Crippen LogP contribution in [0.2, 0.25) is 0 Å². The second-order valence-electron chi connectivity index (χ2n) is 3.21. The average molecular weight is 221 g/mol. The topological polar surface area (TPSA) is 61.3 Å². The van der Waals surface area contributed by atoms with E-state index in [2.05, 4.69) is 19.0 Å². The van der Waals surface area contributed by atoms with Crippen molar-refractivity contribution in [3.63, 3.8) is 0 Å². The van der Waals surface area contributed by atoms with Crippen molar-refractivity contribution >= 4 is 12.4 Å². The molecule has 82 valence electrons. The molecule has 1 aromatic heterocycles. The SMILES string of the molecule is CC(C)c1cc(COCCN)on1.Cl. The summed E-state index contributed by atoms with van der Waals surface area (Å²) in [6.07, 6.45) is 0. The number of nitrogens with zero attached hydrogens (tertiary/aromatic N) is 1. The van der Waals surface area contributed by atoms with Crippen molar-refractivity contribution in [3.05, 3.63) is 17.5 Å². The number of ether oxygens (including phenoxy) is 1. The van der Waals surface area contributed by atoms with Gasteiger partial charge in [0.1, 0.15) is 6.61 Å². The van der Waals surface area contributed by atoms with E-state index in [4.69, 9.17) is 15.0 Å². The molecule has 0 unspecified atom stereocenters. The maximum absolute atomic E-state index is 5.27. The second kappa shape index (κ2) is 6.81. The molecule has 0 radical (unpaired) electrons. The summed E-state index contributed by atoms with van der Waals surface area (Å²) in [7, 11) is 0. The minimum Gasteiger partial charge on any atom is -0.372 e. The van der Waals surface area contributed by atoms with E-state index in [1.165, 1.54) is 0 Å². The molecule has 0 atom stereocenters. The summed E-state index contributed by atoms with van der Waals surface area (Å²) in [6, 6.07) is 1.92. The van der Waals surface area contributed by atoms with Gasteiger partial charge in [0, 0.05) is 12.6 Å². The summed E-state index contributed by atoms with van der Waals surface area (Å²) in [6.45, 7) is 5.69. The quantitative estimate of drug-likeness (QED) is 0.768. The lowest BCUT2D eigenvalue weighted by Crippen LogP contribution is -2.07. The fourth-order valence-electron chi connectivity index (χ4n) is 0.925. The van der Waals surface area contributed by atoms with Crippen LogP contribution >= 0.6 is 12.4 Å². The highest BCUT2D eigenvalue weighted by Crippen LogP contribution is 2.14. The number of aromatic nitrogens is 1. The Labute approximate surface area is 90.2 Å². The lowest BCUT2D eigenvalue weighted by molar-refractivity contribution is 0.107. The largest absolute Gasteiger partial charge is 0.372 e. The number of halogens is 1. The van der Waals surface area contributed by atoms with Gasteiger partial charge in [0.15, 0.2) is 5.76 Å². The van der Waals surface area contributed by atoms with Gasteiger partial charge in [-0.3, -0.25) is 0 Å². The van der Waals surface area contributed by atoms with Crippen molar-refractivity contribution in [1.82, 2.24) is 5.16 Å². The van der Waals surface area contributed by atoms with Crippen molar-refractivity contribution in [2.75, 3.05) is 13.2 Å². The smallest absolute Gasteiger partial charge is 0.162 e. The third-order valence-corrected chi connectivity index (χ3v) is 1.68. The van der Waals surface area contributed by atoms with Crippen LogP contribution in [0.5, 0.6) is 0 Å². The summed E-state index contributed by atoms with van der Waals surface area (Å²) < 4.78 is 10.3. The Morgan fingerprint density at radius 2 is 2.29 bits per heavy atom. The van der Waals surface area contributed by atoms with Crippen molar-refractivity contribution in [2.24, 2.45) is 5.73 Å². The summed E-state index contributed by atoms with van der Waals surface area (Å²) in [5, 5.41) is 3.91. The molecule has 0 aliphatic heterocycles. The first-order valence-corrected chi connectivity index (χ1v) is 4.47. The molecule has 0 aliphatic carbocycles. The van der Waals surface area contributed by atoms with E-state index in [0.29, 0.717) is 25.7 Å². The van der Waals surface area contributed by atoms with E-state index in [-0.39, 0.29) is 12.4 Å². The van der Waals surface area contributed by atoms with Gasteiger partial charge in [0.2, 0.25) is 0 Å². The zero-order valence-corrected chi connectivity index (χ0v) is 9.34. The van der Waals surface area contributed by atoms with Crippen molar-refractivity contribution in [2.45, 2.75) is 26.4 Å². The Hall–Kier alpha value is -0.580. The highest BCUT2D eigenvalue weighted by molar-refractivity contribution is 5.85. The van der Waals surface area contributed by atoms with E-state index < -0.39 is 0 Å². The average Bonchev–Trinajstić information content (AvgIpc) is 2.53. The standard InChI is InChI=1S/C9H16N2O2.ClH/c1-7(2)9-5-8(13-11-9)6-12-4-3-10;/h5,7H,3-4,6,10H2,1-2H3;1H. The first kappa shape index (κ1) is 13.4. The Morgan fingerprint density at radius 1 is 1.57 bits per heavy atom. The van der Waals surface area contributed by atoms with E-state index in [0.717, 1.165) is 11.5 Å². The van der Waals surface area contributed by atoms with Crippen LogP contribution in [-0.2, 0) is 11.3 Å². The Balaban J connectivity index is 0.00000169. The molecule has 0 bridgehead atoms. The molecule has 4 nitrogen and oxygen atoms in total. The van der Waals surface area contributed by atoms with Gasteiger partial charge in [-0.25, -0.2) is 0 Å². The molecule has 5 heteroatoms. The van der Waals surface area contributed by atoms with Crippen molar-refractivity contribution in [3.8, 4) is 0 Å². The maximum atomic E-state index is 5.27. The molecule has 0 aromatic carbocycles. The van der Waals surface area contributed by atoms with E-state index in [1.54, 1.807) is 0 Å². The highest BCUT2D eigenvalue weighted by atomic mass is 35.5. The normalized spacial score (nSPS) is 10.3. The third-order valence-electron chi connectivity index (χ3n) is 1.68. The Morgan fingerprint density at radius 3 is 2.79 bits per heavy atom. The summed E-state index contributed by atoms with van der Waals surface area (Å²) in [4.78, 5) is 0. The van der Waals surface area contributed by atoms with Gasteiger partial charge in [-0.1, -0.05) is 19.0 Å². The molecule has 0 saturated heterocycles. The molecule has 0 saturated carbocycles. The van der Waals surface area contributed by atoms with E-state index in [9.17, 15) is 0 Å². The fraction of sp³-hybridized carbons (Fsp3) is 0.667. The van der Waals surface area contributed by atoms with E-state index in [1.807, 2.05) is 6.07 Å². The van der Waals surface area contributed by atoms with Gasteiger partial charge in [-0.05, 0) is 5.92 Å². The number of hydrogen-bond donors (Lipinski definition) is 1. The predicted octanol–water partition coefficient (Wildman–Crippen LogP) is 1.70. The van der Waals surface area contributed by atoms with E-state index >= 15 is 0 Å². The minimum absolute atomic E-state index is 0. The fourth-order valence-corrected chi connectivity index (χ4v) is 0.925. The third kappa shape index (κ3) is 4.09. The molecule has 1 rings (SSSR count). The van der Waals surface area contributed by atoms with Crippen LogP contribution in [0.4, 0.5) is 0 Å². The van der Waals surface area contributed by atoms with Gasteiger partial charge in [-0.15, -0.1) is 12.4 Å². The summed E-state index contributed by atoms with van der Waals surface area (Å²) in [5.74, 6) is 1.16. The van der Waals surface area contributed by atoms with Crippen LogP contribution in [0.25, 0.3) is 0 Å². The first-order chi connectivity index (χ1) is 6.24. The number of hydrogen-bond acceptors (Lipinski definition) is 4. The van der Waals surface area contributed by atoms with Crippen LogP contribution in [-0.4, -0.2) is 18.3 Å². The lowest BCUT2D eigenvalue weighted by atomic mass is 10.1. The van der Waals surface area contributed by atoms with Crippen LogP contribution < -0.4 is 5.73 Å². The van der Waals surface area contributed by atoms with Gasteiger partial charge < -0.3 is 15.0 Å². The molecule has 0 spiro atoms. The predicted molar refractivity (Wildman–Crippen MR) is 56.6 cm³/mol. The number of rotatable bonds is 5. The van der Waals surface area contributed by atoms with Crippen LogP contribution in [0.15, 0.2) is 10.6 Å². The van der Waals surface area contributed by atoms with Crippen molar-refractivity contribution < 1.29 is 9.26 Å². The zero-order chi connectivity index (χ0) is 9.68. The Bertz CT molecular complexity index is 251. The molecule has 0 fully saturated rings. The van der Waals surface area contributed by atoms with Crippen LogP contribution in [0, 0.1) is 0 Å². The molecular weight excluding hydrogens is 204 g/mol. The summed E-state index contributed by atoms with van der Waals surface area (Å²) in [5.41, 5.74) is 6.24. The molecule has 2 N–H and O–H groups in total. The first-order valence-electron chi connectivity index (χ1n) is 4.47. The monoisotopic (exact) mass is 220 g/mol. The summed E-state index contributed by atoms with van der Waals surface area (Å²) >= 11 is 0. The maximum Gasteiger partial charge on any atom is 0.162 e. The van der Waals surface area contributed by atoms with Crippen LogP contribution in [0.3, 0.4) is 0 Å². The van der Waals surface area contributed by atoms with Crippen molar-refractivity contribution in [1.29, 1.82) is 0 Å². The second-order valence-corrected chi connectivity index (χ2v) is 3.21. The van der Waals surface area contributed by atoms with Gasteiger partial charge >= 0.3 is 0 Å². The molecular formula is C9H17ClN2O2. The highest BCUT2D eigenvalue weighted by Gasteiger charge is 2.06. The molecule has 0 amide bonds.